The van der Waals surface area contributed by atoms with E-state index in [0.29, 0.717) is 12.0 Å². The Hall–Kier alpha value is -6.51. The molecule has 1 saturated heterocycles. The number of amides is 6. The standard InChI is InChI=1S/C33H26N6O9/c40-26-10-8-23(31(44)37-26)39-32(45)20-4-3-6-25(28(20)33(39)46)48-17-27(41)35-13-11-18-7-9-24-21(14-18)29(42)19(16-47-24)15-36-38-30(43)22-5-1-2-12-34-22/h1-7,9,12,14-16,23H,8,10-11,13,17H2,(H,35,41)(H,38,43)(H,37,40,44)/b36-15+. The van der Waals surface area contributed by atoms with Gasteiger partial charge in [-0.2, -0.15) is 5.10 Å². The van der Waals surface area contributed by atoms with E-state index in [1.165, 1.54) is 42.9 Å². The van der Waals surface area contributed by atoms with Crippen molar-refractivity contribution in [3.8, 4) is 5.75 Å². The van der Waals surface area contributed by atoms with Crippen LogP contribution in [-0.2, 0) is 20.8 Å². The van der Waals surface area contributed by atoms with Gasteiger partial charge in [0.25, 0.3) is 23.6 Å². The van der Waals surface area contributed by atoms with Crippen LogP contribution in [0.5, 0.6) is 5.75 Å². The fraction of sp³-hybridized carbons (Fsp3) is 0.182. The van der Waals surface area contributed by atoms with E-state index in [9.17, 15) is 33.6 Å². The van der Waals surface area contributed by atoms with Crippen molar-refractivity contribution in [1.82, 2.24) is 25.9 Å². The van der Waals surface area contributed by atoms with E-state index in [2.05, 4.69) is 26.1 Å². The minimum Gasteiger partial charge on any atom is -0.483 e. The van der Waals surface area contributed by atoms with Gasteiger partial charge in [-0.25, -0.2) is 5.43 Å². The van der Waals surface area contributed by atoms with Gasteiger partial charge in [0.2, 0.25) is 17.2 Å². The predicted molar refractivity (Wildman–Crippen MR) is 167 cm³/mol. The molecule has 242 valence electrons. The van der Waals surface area contributed by atoms with Crippen LogP contribution in [0.2, 0.25) is 0 Å². The molecule has 4 aromatic rings. The Kier molecular flexibility index (Phi) is 8.83. The van der Waals surface area contributed by atoms with Crippen LogP contribution in [0.1, 0.15) is 55.2 Å². The minimum atomic E-state index is -1.13. The molecule has 3 N–H and O–H groups in total. The molecule has 6 amide bonds. The highest BCUT2D eigenvalue weighted by molar-refractivity contribution is 6.24. The molecule has 15 heteroatoms. The van der Waals surface area contributed by atoms with Gasteiger partial charge in [0.1, 0.15) is 29.3 Å². The first-order chi connectivity index (χ1) is 23.2. The molecule has 0 spiro atoms. The molecule has 0 saturated carbocycles. The van der Waals surface area contributed by atoms with Crippen LogP contribution in [0, 0.1) is 0 Å². The molecule has 0 aliphatic carbocycles. The maximum absolute atomic E-state index is 13.2. The number of pyridine rings is 1. The lowest BCUT2D eigenvalue weighted by atomic mass is 10.0. The Morgan fingerprint density at radius 2 is 1.92 bits per heavy atom. The number of fused-ring (bicyclic) bond motifs is 2. The highest BCUT2D eigenvalue weighted by Gasteiger charge is 2.46. The average Bonchev–Trinajstić information content (AvgIpc) is 3.34. The minimum absolute atomic E-state index is 0.00712. The molecule has 48 heavy (non-hydrogen) atoms. The normalized spacial score (nSPS) is 15.8. The predicted octanol–water partition coefficient (Wildman–Crippen LogP) is 1.09. The van der Waals surface area contributed by atoms with Crippen molar-refractivity contribution < 1.29 is 37.9 Å². The first kappa shape index (κ1) is 31.5. The van der Waals surface area contributed by atoms with E-state index in [0.717, 1.165) is 10.5 Å². The molecule has 2 aromatic carbocycles. The number of hydrogen-bond acceptors (Lipinski definition) is 11. The SMILES string of the molecule is O=C(COc1cccc2c1C(=O)N(C1CCC(=O)NC1=O)C2=O)NCCc1ccc2occ(/C=N/NC(=O)c3ccccn3)c(=O)c2c1. The van der Waals surface area contributed by atoms with Gasteiger partial charge in [-0.05, 0) is 54.8 Å². The maximum atomic E-state index is 13.2. The van der Waals surface area contributed by atoms with Gasteiger partial charge in [-0.3, -0.25) is 48.8 Å². The second kappa shape index (κ2) is 13.5. The molecule has 15 nitrogen and oxygen atoms in total. The Bertz CT molecular complexity index is 2080. The highest BCUT2D eigenvalue weighted by atomic mass is 16.5. The fourth-order valence-electron chi connectivity index (χ4n) is 5.30. The summed E-state index contributed by atoms with van der Waals surface area (Å²) >= 11 is 0. The summed E-state index contributed by atoms with van der Waals surface area (Å²) in [6, 6.07) is 13.1. The third-order valence-electron chi connectivity index (χ3n) is 7.66. The summed E-state index contributed by atoms with van der Waals surface area (Å²) in [4.78, 5) is 92.6. The van der Waals surface area contributed by atoms with Gasteiger partial charge in [-0.1, -0.05) is 18.2 Å². The van der Waals surface area contributed by atoms with Gasteiger partial charge < -0.3 is 14.5 Å². The van der Waals surface area contributed by atoms with Crippen LogP contribution in [-0.4, -0.2) is 70.7 Å². The lowest BCUT2D eigenvalue weighted by molar-refractivity contribution is -0.136. The Morgan fingerprint density at radius 3 is 2.71 bits per heavy atom. The summed E-state index contributed by atoms with van der Waals surface area (Å²) in [7, 11) is 0. The van der Waals surface area contributed by atoms with Crippen LogP contribution in [0.3, 0.4) is 0 Å². The zero-order chi connectivity index (χ0) is 33.8. The number of rotatable bonds is 10. The summed E-state index contributed by atoms with van der Waals surface area (Å²) in [6.45, 7) is -0.273. The second-order valence-corrected chi connectivity index (χ2v) is 10.8. The summed E-state index contributed by atoms with van der Waals surface area (Å²) < 4.78 is 11.2. The van der Waals surface area contributed by atoms with Crippen LogP contribution in [0.4, 0.5) is 0 Å². The molecular formula is C33H26N6O9. The third kappa shape index (κ3) is 6.42. The van der Waals surface area contributed by atoms with Crippen molar-refractivity contribution in [2.24, 2.45) is 5.10 Å². The molecule has 1 fully saturated rings. The maximum Gasteiger partial charge on any atom is 0.289 e. The molecule has 6 rings (SSSR count). The molecule has 2 aliphatic rings. The Morgan fingerprint density at radius 1 is 1.06 bits per heavy atom. The van der Waals surface area contributed by atoms with Crippen LogP contribution in [0.25, 0.3) is 11.0 Å². The number of nitrogens with one attached hydrogen (secondary N) is 3. The quantitative estimate of drug-likeness (QED) is 0.127. The summed E-state index contributed by atoms with van der Waals surface area (Å²) in [5.41, 5.74) is 3.26. The number of hydrazone groups is 1. The average molecular weight is 651 g/mol. The Balaban J connectivity index is 1.04. The lowest BCUT2D eigenvalue weighted by Crippen LogP contribution is -2.54. The van der Waals surface area contributed by atoms with E-state index in [4.69, 9.17) is 9.15 Å². The van der Waals surface area contributed by atoms with Crippen molar-refractivity contribution in [2.45, 2.75) is 25.3 Å². The van der Waals surface area contributed by atoms with E-state index in [1.54, 1.807) is 30.3 Å². The zero-order valence-corrected chi connectivity index (χ0v) is 25.1. The molecule has 1 atom stereocenters. The van der Waals surface area contributed by atoms with Gasteiger partial charge >= 0.3 is 0 Å². The van der Waals surface area contributed by atoms with Crippen LogP contribution < -0.4 is 26.2 Å². The summed E-state index contributed by atoms with van der Waals surface area (Å²) in [5, 5.41) is 8.96. The zero-order valence-electron chi connectivity index (χ0n) is 25.1. The molecule has 4 heterocycles. The number of ether oxygens (including phenoxy) is 1. The van der Waals surface area contributed by atoms with E-state index >= 15 is 0 Å². The molecule has 2 aliphatic heterocycles. The van der Waals surface area contributed by atoms with Crippen molar-refractivity contribution in [3.63, 3.8) is 0 Å². The molecular weight excluding hydrogens is 624 g/mol. The van der Waals surface area contributed by atoms with E-state index < -0.39 is 48.1 Å². The first-order valence-corrected chi connectivity index (χ1v) is 14.7. The van der Waals surface area contributed by atoms with Crippen LogP contribution >= 0.6 is 0 Å². The number of imide groups is 2. The molecule has 2 aromatic heterocycles. The van der Waals surface area contributed by atoms with Crippen molar-refractivity contribution >= 4 is 52.6 Å². The molecule has 0 radical (unpaired) electrons. The van der Waals surface area contributed by atoms with Crippen molar-refractivity contribution in [3.05, 3.63) is 105 Å². The van der Waals surface area contributed by atoms with Crippen molar-refractivity contribution in [2.75, 3.05) is 13.2 Å². The lowest BCUT2D eigenvalue weighted by Gasteiger charge is -2.27. The van der Waals surface area contributed by atoms with E-state index in [-0.39, 0.29) is 58.3 Å². The number of carbonyl (C=O) groups excluding carboxylic acids is 6. The second-order valence-electron chi connectivity index (χ2n) is 10.8. The highest BCUT2D eigenvalue weighted by Crippen LogP contribution is 2.33. The third-order valence-corrected chi connectivity index (χ3v) is 7.66. The summed E-state index contributed by atoms with van der Waals surface area (Å²) in [6.07, 6.45) is 4.24. The number of piperidine rings is 1. The van der Waals surface area contributed by atoms with Gasteiger partial charge in [0, 0.05) is 19.2 Å². The van der Waals surface area contributed by atoms with E-state index in [1.807, 2.05) is 0 Å². The van der Waals surface area contributed by atoms with Crippen LogP contribution in [0.15, 0.2) is 81.4 Å². The number of benzene rings is 2. The first-order valence-electron chi connectivity index (χ1n) is 14.7. The summed E-state index contributed by atoms with van der Waals surface area (Å²) in [5.74, 6) is -3.67. The number of hydrogen-bond donors (Lipinski definition) is 3. The number of nitrogens with zero attached hydrogens (tertiary/aromatic N) is 3. The molecule has 1 unspecified atom stereocenters. The molecule has 0 bridgehead atoms. The van der Waals surface area contributed by atoms with Gasteiger partial charge in [0.05, 0.1) is 28.3 Å². The van der Waals surface area contributed by atoms with Gasteiger partial charge in [0.15, 0.2) is 6.61 Å². The monoisotopic (exact) mass is 650 g/mol. The fourth-order valence-corrected chi connectivity index (χ4v) is 5.30. The Labute approximate surface area is 271 Å². The topological polar surface area (TPSA) is 206 Å². The van der Waals surface area contributed by atoms with Crippen molar-refractivity contribution in [1.29, 1.82) is 0 Å². The number of carbonyl (C=O) groups is 6. The largest absolute Gasteiger partial charge is 0.483 e. The smallest absolute Gasteiger partial charge is 0.289 e. The number of aromatic nitrogens is 1. The van der Waals surface area contributed by atoms with Gasteiger partial charge in [-0.15, -0.1) is 0 Å².